The van der Waals surface area contributed by atoms with Crippen LogP contribution in [-0.4, -0.2) is 54.6 Å². The van der Waals surface area contributed by atoms with Gasteiger partial charge in [0.05, 0.1) is 11.6 Å². The molecule has 0 aliphatic heterocycles. The summed E-state index contributed by atoms with van der Waals surface area (Å²) in [4.78, 5) is 14.8. The van der Waals surface area contributed by atoms with Crippen LogP contribution in [0.1, 0.15) is 18.5 Å². The van der Waals surface area contributed by atoms with Crippen molar-refractivity contribution < 1.29 is 14.3 Å². The molecular formula is C14H20ClFN2O2. The van der Waals surface area contributed by atoms with Crippen LogP contribution in [-0.2, 0) is 4.79 Å². The first-order chi connectivity index (χ1) is 9.31. The van der Waals surface area contributed by atoms with Gasteiger partial charge in [0.2, 0.25) is 0 Å². The molecule has 0 aliphatic rings. The minimum Gasteiger partial charge on any atom is -0.480 e. The van der Waals surface area contributed by atoms with Gasteiger partial charge in [-0.25, -0.2) is 4.39 Å². The molecule has 1 unspecified atom stereocenters. The third-order valence-electron chi connectivity index (χ3n) is 3.15. The summed E-state index contributed by atoms with van der Waals surface area (Å²) in [6, 6.07) is 4.34. The second kappa shape index (κ2) is 7.57. The topological polar surface area (TPSA) is 43.8 Å². The molecule has 1 rings (SSSR count). The first kappa shape index (κ1) is 16.9. The molecule has 0 amide bonds. The number of likely N-dealkylation sites (N-methyl/N-ethyl adjacent to an activating group) is 1. The Balaban J connectivity index is 2.87. The van der Waals surface area contributed by atoms with E-state index < -0.39 is 11.8 Å². The third-order valence-corrected chi connectivity index (χ3v) is 3.44. The summed E-state index contributed by atoms with van der Waals surface area (Å²) in [5.41, 5.74) is 0.802. The molecule has 0 saturated carbocycles. The molecule has 0 aromatic heterocycles. The summed E-state index contributed by atoms with van der Waals surface area (Å²) < 4.78 is 13.2. The van der Waals surface area contributed by atoms with Gasteiger partial charge in [-0.3, -0.25) is 9.69 Å². The molecule has 1 aromatic rings. The van der Waals surface area contributed by atoms with Crippen molar-refractivity contribution in [3.8, 4) is 0 Å². The summed E-state index contributed by atoms with van der Waals surface area (Å²) in [6.07, 6.45) is 0. The molecule has 4 nitrogen and oxygen atoms in total. The highest BCUT2D eigenvalue weighted by Crippen LogP contribution is 2.24. The summed E-state index contributed by atoms with van der Waals surface area (Å²) in [5, 5.41) is 9.06. The molecule has 0 heterocycles. The Labute approximate surface area is 123 Å². The number of halogens is 2. The number of hydrogen-bond acceptors (Lipinski definition) is 3. The van der Waals surface area contributed by atoms with E-state index in [0.29, 0.717) is 6.54 Å². The first-order valence-corrected chi connectivity index (χ1v) is 6.74. The molecule has 1 atom stereocenters. The molecule has 6 heteroatoms. The summed E-state index contributed by atoms with van der Waals surface area (Å²) in [5.74, 6) is -1.36. The van der Waals surface area contributed by atoms with Crippen LogP contribution < -0.4 is 0 Å². The quantitative estimate of drug-likeness (QED) is 0.840. The maximum Gasteiger partial charge on any atom is 0.317 e. The lowest BCUT2D eigenvalue weighted by molar-refractivity contribution is -0.138. The number of benzene rings is 1. The Morgan fingerprint density at radius 3 is 2.55 bits per heavy atom. The number of carboxylic acids is 1. The van der Waals surface area contributed by atoms with Crippen molar-refractivity contribution in [2.24, 2.45) is 0 Å². The van der Waals surface area contributed by atoms with Crippen LogP contribution in [0.15, 0.2) is 18.2 Å². The normalized spacial score (nSPS) is 12.9. The average Bonchev–Trinajstić information content (AvgIpc) is 2.36. The van der Waals surface area contributed by atoms with Gasteiger partial charge in [0, 0.05) is 19.1 Å². The van der Waals surface area contributed by atoms with Gasteiger partial charge < -0.3 is 10.0 Å². The zero-order chi connectivity index (χ0) is 15.3. The van der Waals surface area contributed by atoms with E-state index in [1.807, 2.05) is 30.8 Å². The minimum atomic E-state index is -0.885. The third kappa shape index (κ3) is 5.07. The molecule has 20 heavy (non-hydrogen) atoms. The zero-order valence-corrected chi connectivity index (χ0v) is 12.7. The maximum atomic E-state index is 13.2. The van der Waals surface area contributed by atoms with Crippen LogP contribution in [0.3, 0.4) is 0 Å². The smallest absolute Gasteiger partial charge is 0.317 e. The van der Waals surface area contributed by atoms with Crippen molar-refractivity contribution in [1.29, 1.82) is 0 Å². The molecule has 1 N–H and O–H groups in total. The van der Waals surface area contributed by atoms with E-state index in [-0.39, 0.29) is 17.6 Å². The molecule has 0 spiro atoms. The van der Waals surface area contributed by atoms with Crippen LogP contribution in [0, 0.1) is 5.82 Å². The fourth-order valence-electron chi connectivity index (χ4n) is 1.89. The van der Waals surface area contributed by atoms with Gasteiger partial charge in [-0.2, -0.15) is 0 Å². The van der Waals surface area contributed by atoms with Crippen molar-refractivity contribution in [3.63, 3.8) is 0 Å². The highest BCUT2D eigenvalue weighted by Gasteiger charge is 2.19. The molecule has 0 saturated heterocycles. The van der Waals surface area contributed by atoms with Crippen LogP contribution in [0.4, 0.5) is 4.39 Å². The first-order valence-electron chi connectivity index (χ1n) is 6.36. The fraction of sp³-hybridized carbons (Fsp3) is 0.500. The lowest BCUT2D eigenvalue weighted by Gasteiger charge is -2.29. The Morgan fingerprint density at radius 2 is 2.05 bits per heavy atom. The van der Waals surface area contributed by atoms with E-state index in [9.17, 15) is 9.18 Å². The van der Waals surface area contributed by atoms with Gasteiger partial charge in [-0.15, -0.1) is 0 Å². The van der Waals surface area contributed by atoms with Crippen LogP contribution >= 0.6 is 11.6 Å². The van der Waals surface area contributed by atoms with Gasteiger partial charge in [-0.05, 0) is 38.7 Å². The standard InChI is InChI=1S/C14H20ClFN2O2/c1-10(11-4-5-13(16)12(15)8-11)18(9-14(19)20)7-6-17(2)3/h4-5,8,10H,6-7,9H2,1-3H3,(H,19,20). The van der Waals surface area contributed by atoms with E-state index in [0.717, 1.165) is 12.1 Å². The molecule has 0 radical (unpaired) electrons. The molecule has 112 valence electrons. The number of carbonyl (C=O) groups is 1. The predicted molar refractivity (Wildman–Crippen MR) is 77.6 cm³/mol. The number of rotatable bonds is 7. The second-order valence-corrected chi connectivity index (χ2v) is 5.42. The van der Waals surface area contributed by atoms with Crippen molar-refractivity contribution in [2.45, 2.75) is 13.0 Å². The molecule has 1 aromatic carbocycles. The van der Waals surface area contributed by atoms with Crippen molar-refractivity contribution >= 4 is 17.6 Å². The monoisotopic (exact) mass is 302 g/mol. The van der Waals surface area contributed by atoms with E-state index in [4.69, 9.17) is 16.7 Å². The highest BCUT2D eigenvalue weighted by atomic mass is 35.5. The van der Waals surface area contributed by atoms with Gasteiger partial charge in [0.25, 0.3) is 0 Å². The zero-order valence-electron chi connectivity index (χ0n) is 11.9. The van der Waals surface area contributed by atoms with E-state index >= 15 is 0 Å². The summed E-state index contributed by atoms with van der Waals surface area (Å²) in [7, 11) is 3.86. The van der Waals surface area contributed by atoms with Gasteiger partial charge >= 0.3 is 5.97 Å². The minimum absolute atomic E-state index is 0.0530. The van der Waals surface area contributed by atoms with Gasteiger partial charge in [0.1, 0.15) is 5.82 Å². The largest absolute Gasteiger partial charge is 0.480 e. The van der Waals surface area contributed by atoms with Crippen molar-refractivity contribution in [3.05, 3.63) is 34.6 Å². The van der Waals surface area contributed by atoms with E-state index in [2.05, 4.69) is 0 Å². The molecule has 0 fully saturated rings. The summed E-state index contributed by atoms with van der Waals surface area (Å²) >= 11 is 5.78. The number of carboxylic acid groups (broad SMARTS) is 1. The second-order valence-electron chi connectivity index (χ2n) is 5.02. The Morgan fingerprint density at radius 1 is 1.40 bits per heavy atom. The van der Waals surface area contributed by atoms with Gasteiger partial charge in [0.15, 0.2) is 0 Å². The van der Waals surface area contributed by atoms with Crippen LogP contribution in [0.5, 0.6) is 0 Å². The average molecular weight is 303 g/mol. The highest BCUT2D eigenvalue weighted by molar-refractivity contribution is 6.30. The maximum absolute atomic E-state index is 13.2. The lowest BCUT2D eigenvalue weighted by atomic mass is 10.1. The molecule has 0 bridgehead atoms. The number of hydrogen-bond donors (Lipinski definition) is 1. The van der Waals surface area contributed by atoms with Crippen LogP contribution in [0.2, 0.25) is 5.02 Å². The molecular weight excluding hydrogens is 283 g/mol. The van der Waals surface area contributed by atoms with E-state index in [1.165, 1.54) is 6.07 Å². The summed E-state index contributed by atoms with van der Waals surface area (Å²) in [6.45, 7) is 3.17. The Bertz CT molecular complexity index is 468. The predicted octanol–water partition coefficient (Wildman–Crippen LogP) is 2.49. The van der Waals surface area contributed by atoms with Crippen molar-refractivity contribution in [1.82, 2.24) is 9.80 Å². The lowest BCUT2D eigenvalue weighted by Crippen LogP contribution is -2.37. The SMILES string of the molecule is CC(c1ccc(F)c(Cl)c1)N(CCN(C)C)CC(=O)O. The van der Waals surface area contributed by atoms with Gasteiger partial charge in [-0.1, -0.05) is 17.7 Å². The van der Waals surface area contributed by atoms with E-state index in [1.54, 1.807) is 12.1 Å². The van der Waals surface area contributed by atoms with Crippen molar-refractivity contribution in [2.75, 3.05) is 33.7 Å². The van der Waals surface area contributed by atoms with Crippen LogP contribution in [0.25, 0.3) is 0 Å². The Kier molecular flexibility index (Phi) is 6.39. The Hall–Kier alpha value is -1.17. The fourth-order valence-corrected chi connectivity index (χ4v) is 2.08. The number of nitrogens with zero attached hydrogens (tertiary/aromatic N) is 2. The molecule has 0 aliphatic carbocycles. The number of aliphatic carboxylic acids is 1.